The lowest BCUT2D eigenvalue weighted by Gasteiger charge is -2.07. The van der Waals surface area contributed by atoms with E-state index in [1.54, 1.807) is 6.07 Å². The highest BCUT2D eigenvalue weighted by Crippen LogP contribution is 2.48. The summed E-state index contributed by atoms with van der Waals surface area (Å²) in [6.45, 7) is 0.414. The molecule has 178 valence electrons. The van der Waals surface area contributed by atoms with E-state index in [2.05, 4.69) is 37.8 Å². The summed E-state index contributed by atoms with van der Waals surface area (Å²) in [4.78, 5) is 25.9. The standard InChI is InChI=1S/C26H25ClN6O2/c27-19-3-1-2-16(7-19)21-8-22(21)26(35)32-24-9-23(29-14-30-24)28-10-20-12-33-11-17(15-4-5-15)6-18(13-34)25(33)31-20/h1-3,6-7,9,11-12,14-15,21-22,34H,4-5,8,10,13H2,(H2,28,29,30,32,35)/t21-,22+/m1/s1. The highest BCUT2D eigenvalue weighted by atomic mass is 35.5. The van der Waals surface area contributed by atoms with Crippen molar-refractivity contribution >= 4 is 34.8 Å². The van der Waals surface area contributed by atoms with E-state index in [1.807, 2.05) is 34.9 Å². The second-order valence-corrected chi connectivity index (χ2v) is 9.77. The van der Waals surface area contributed by atoms with Crippen LogP contribution in [-0.2, 0) is 17.9 Å². The molecule has 35 heavy (non-hydrogen) atoms. The summed E-state index contributed by atoms with van der Waals surface area (Å²) in [5.41, 5.74) is 4.78. The van der Waals surface area contributed by atoms with Crippen molar-refractivity contribution in [3.8, 4) is 0 Å². The van der Waals surface area contributed by atoms with Crippen molar-refractivity contribution < 1.29 is 9.90 Å². The summed E-state index contributed by atoms with van der Waals surface area (Å²) in [6, 6.07) is 11.4. The zero-order valence-electron chi connectivity index (χ0n) is 19.0. The molecule has 0 radical (unpaired) electrons. The molecule has 9 heteroatoms. The maximum Gasteiger partial charge on any atom is 0.229 e. The summed E-state index contributed by atoms with van der Waals surface area (Å²) in [5.74, 6) is 1.70. The number of imidazole rings is 1. The minimum Gasteiger partial charge on any atom is -0.392 e. The fourth-order valence-corrected chi connectivity index (χ4v) is 4.80. The smallest absolute Gasteiger partial charge is 0.229 e. The number of aromatic nitrogens is 4. The van der Waals surface area contributed by atoms with Crippen molar-refractivity contribution in [3.63, 3.8) is 0 Å². The Morgan fingerprint density at radius 2 is 1.97 bits per heavy atom. The molecule has 3 N–H and O–H groups in total. The van der Waals surface area contributed by atoms with Gasteiger partial charge in [0.15, 0.2) is 0 Å². The summed E-state index contributed by atoms with van der Waals surface area (Å²) >= 11 is 6.08. The molecule has 0 bridgehead atoms. The van der Waals surface area contributed by atoms with Crippen LogP contribution in [0.4, 0.5) is 11.6 Å². The average Bonchev–Trinajstić information content (AvgIpc) is 3.78. The molecule has 3 aromatic heterocycles. The third-order valence-electron chi connectivity index (χ3n) is 6.69. The summed E-state index contributed by atoms with van der Waals surface area (Å²) < 4.78 is 1.99. The maximum atomic E-state index is 12.7. The lowest BCUT2D eigenvalue weighted by molar-refractivity contribution is -0.117. The number of hydrogen-bond acceptors (Lipinski definition) is 6. The van der Waals surface area contributed by atoms with Crippen molar-refractivity contribution in [2.24, 2.45) is 5.92 Å². The number of benzene rings is 1. The second-order valence-electron chi connectivity index (χ2n) is 9.33. The van der Waals surface area contributed by atoms with Gasteiger partial charge in [-0.1, -0.05) is 23.7 Å². The number of anilines is 2. The van der Waals surface area contributed by atoms with Gasteiger partial charge in [-0.25, -0.2) is 15.0 Å². The van der Waals surface area contributed by atoms with Crippen LogP contribution in [0, 0.1) is 5.92 Å². The van der Waals surface area contributed by atoms with Crippen LogP contribution < -0.4 is 10.6 Å². The molecule has 2 aliphatic carbocycles. The molecule has 1 aromatic carbocycles. The third kappa shape index (κ3) is 4.72. The van der Waals surface area contributed by atoms with Gasteiger partial charge in [0.25, 0.3) is 0 Å². The van der Waals surface area contributed by atoms with Gasteiger partial charge in [-0.2, -0.15) is 0 Å². The molecule has 1 amide bonds. The first-order chi connectivity index (χ1) is 17.1. The number of carbonyl (C=O) groups excluding carboxylic acids is 1. The van der Waals surface area contributed by atoms with Crippen molar-refractivity contribution in [3.05, 3.63) is 82.5 Å². The van der Waals surface area contributed by atoms with Crippen LogP contribution in [0.15, 0.2) is 55.1 Å². The molecule has 0 aliphatic heterocycles. The fourth-order valence-electron chi connectivity index (χ4n) is 4.60. The lowest BCUT2D eigenvalue weighted by atomic mass is 10.1. The Bertz CT molecular complexity index is 1420. The van der Waals surface area contributed by atoms with E-state index < -0.39 is 0 Å². The number of aliphatic hydroxyl groups excluding tert-OH is 1. The topological polar surface area (TPSA) is 104 Å². The van der Waals surface area contributed by atoms with Gasteiger partial charge >= 0.3 is 0 Å². The van der Waals surface area contributed by atoms with E-state index in [1.165, 1.54) is 24.7 Å². The average molecular weight is 489 g/mol. The number of halogens is 1. The molecule has 4 aromatic rings. The Balaban J connectivity index is 1.10. The van der Waals surface area contributed by atoms with Crippen LogP contribution in [0.5, 0.6) is 0 Å². The molecule has 6 rings (SSSR count). The van der Waals surface area contributed by atoms with Crippen molar-refractivity contribution in [1.29, 1.82) is 0 Å². The van der Waals surface area contributed by atoms with Crippen LogP contribution >= 0.6 is 11.6 Å². The Kier molecular flexibility index (Phi) is 5.62. The predicted octanol–water partition coefficient (Wildman–Crippen LogP) is 4.50. The SMILES string of the molecule is O=C(Nc1cc(NCc2cn3cc(C4CC4)cc(CO)c3n2)ncn1)[C@H]1C[C@@H]1c1cccc(Cl)c1. The molecular weight excluding hydrogens is 464 g/mol. The minimum absolute atomic E-state index is 0.0396. The van der Waals surface area contributed by atoms with E-state index in [9.17, 15) is 9.90 Å². The summed E-state index contributed by atoms with van der Waals surface area (Å²) in [5, 5.41) is 16.6. The number of hydrogen-bond donors (Lipinski definition) is 3. The first-order valence-corrected chi connectivity index (χ1v) is 12.2. The highest BCUT2D eigenvalue weighted by Gasteiger charge is 2.44. The minimum atomic E-state index is -0.0842. The zero-order chi connectivity index (χ0) is 23.9. The van der Waals surface area contributed by atoms with Gasteiger partial charge in [-0.3, -0.25) is 4.79 Å². The Hall–Kier alpha value is -3.49. The monoisotopic (exact) mass is 488 g/mol. The number of nitrogens with zero attached hydrogens (tertiary/aromatic N) is 4. The van der Waals surface area contributed by atoms with E-state index in [4.69, 9.17) is 11.6 Å². The highest BCUT2D eigenvalue weighted by molar-refractivity contribution is 6.30. The van der Waals surface area contributed by atoms with E-state index >= 15 is 0 Å². The molecule has 2 atom stereocenters. The molecule has 2 aliphatic rings. The van der Waals surface area contributed by atoms with Crippen LogP contribution in [-0.4, -0.2) is 30.4 Å². The van der Waals surface area contributed by atoms with Crippen LogP contribution in [0.25, 0.3) is 5.65 Å². The molecule has 0 spiro atoms. The van der Waals surface area contributed by atoms with Gasteiger partial charge in [0.1, 0.15) is 23.6 Å². The Morgan fingerprint density at radius 1 is 1.11 bits per heavy atom. The molecule has 2 fully saturated rings. The largest absolute Gasteiger partial charge is 0.392 e. The summed E-state index contributed by atoms with van der Waals surface area (Å²) in [6.07, 6.45) is 8.71. The zero-order valence-corrected chi connectivity index (χ0v) is 19.7. The number of aliphatic hydroxyl groups is 1. The number of carbonyl (C=O) groups is 1. The molecular formula is C26H25ClN6O2. The van der Waals surface area contributed by atoms with E-state index in [-0.39, 0.29) is 24.3 Å². The molecule has 3 heterocycles. The van der Waals surface area contributed by atoms with Crippen LogP contribution in [0.3, 0.4) is 0 Å². The van der Waals surface area contributed by atoms with Gasteiger partial charge in [0.05, 0.1) is 18.8 Å². The van der Waals surface area contributed by atoms with Gasteiger partial charge < -0.3 is 20.1 Å². The Labute approximate surface area is 207 Å². The van der Waals surface area contributed by atoms with Crippen molar-refractivity contribution in [2.75, 3.05) is 10.6 Å². The van der Waals surface area contributed by atoms with E-state index in [0.29, 0.717) is 29.1 Å². The Morgan fingerprint density at radius 3 is 2.77 bits per heavy atom. The first kappa shape index (κ1) is 22.0. The predicted molar refractivity (Wildman–Crippen MR) is 133 cm³/mol. The van der Waals surface area contributed by atoms with E-state index in [0.717, 1.165) is 28.9 Å². The van der Waals surface area contributed by atoms with Crippen molar-refractivity contribution in [1.82, 2.24) is 19.4 Å². The van der Waals surface area contributed by atoms with Gasteiger partial charge in [-0.15, -0.1) is 0 Å². The van der Waals surface area contributed by atoms with Gasteiger partial charge in [0.2, 0.25) is 5.91 Å². The molecule has 0 unspecified atom stereocenters. The van der Waals surface area contributed by atoms with Crippen molar-refractivity contribution in [2.45, 2.75) is 44.2 Å². The normalized spacial score (nSPS) is 19.0. The second kappa shape index (κ2) is 8.94. The first-order valence-electron chi connectivity index (χ1n) is 11.8. The molecule has 2 saturated carbocycles. The fraction of sp³-hybridized carbons (Fsp3) is 0.308. The quantitative estimate of drug-likeness (QED) is 0.337. The number of amides is 1. The maximum absolute atomic E-state index is 12.7. The third-order valence-corrected chi connectivity index (χ3v) is 6.93. The van der Waals surface area contributed by atoms with Gasteiger partial charge in [0, 0.05) is 35.0 Å². The number of fused-ring (bicyclic) bond motifs is 1. The lowest BCUT2D eigenvalue weighted by Crippen LogP contribution is -2.16. The van der Waals surface area contributed by atoms with Crippen LogP contribution in [0.2, 0.25) is 5.02 Å². The number of pyridine rings is 1. The molecule has 0 saturated heterocycles. The summed E-state index contributed by atoms with van der Waals surface area (Å²) in [7, 11) is 0. The molecule has 8 nitrogen and oxygen atoms in total. The number of nitrogens with one attached hydrogen (secondary N) is 2. The number of rotatable bonds is 8. The van der Waals surface area contributed by atoms with Gasteiger partial charge in [-0.05, 0) is 60.4 Å². The van der Waals surface area contributed by atoms with Crippen LogP contribution in [0.1, 0.15) is 53.5 Å².